The van der Waals surface area contributed by atoms with Gasteiger partial charge in [0.05, 0.1) is 74.8 Å². The zero-order chi connectivity index (χ0) is 57.3. The summed E-state index contributed by atoms with van der Waals surface area (Å²) in [6, 6.07) is 31.9. The second-order valence-corrected chi connectivity index (χ2v) is 25.6. The largest absolute Gasteiger partial charge is 0.488 e. The Morgan fingerprint density at radius 2 is 0.963 bits per heavy atom. The Morgan fingerprint density at radius 3 is 1.34 bits per heavy atom. The minimum atomic E-state index is -3.92. The summed E-state index contributed by atoms with van der Waals surface area (Å²) in [6.45, 7) is 14.7. The predicted molar refractivity (Wildman–Crippen MR) is 293 cm³/mol. The van der Waals surface area contributed by atoms with Crippen molar-refractivity contribution in [1.82, 2.24) is 38.6 Å². The Morgan fingerprint density at radius 1 is 0.588 bits per heavy atom. The number of nitrogens with zero attached hydrogens (tertiary/aromatic N) is 8. The fourth-order valence-corrected chi connectivity index (χ4v) is 13.1. The molecule has 7 aromatic rings. The van der Waals surface area contributed by atoms with E-state index in [4.69, 9.17) is 18.9 Å². The third kappa shape index (κ3) is 12.3. The van der Waals surface area contributed by atoms with Crippen LogP contribution in [0.5, 0.6) is 11.5 Å². The molecule has 20 nitrogen and oxygen atoms in total. The number of sulfonamides is 2. The smallest absolute Gasteiger partial charge is 0.312 e. The summed E-state index contributed by atoms with van der Waals surface area (Å²) in [5.74, 6) is -1.55. The fourth-order valence-electron chi connectivity index (χ4n) is 9.90. The molecule has 2 N–H and O–H groups in total. The number of fused-ring (bicyclic) bond motifs is 2. The van der Waals surface area contributed by atoms with Crippen molar-refractivity contribution in [3.8, 4) is 11.5 Å². The Labute approximate surface area is 466 Å². The summed E-state index contributed by atoms with van der Waals surface area (Å²) in [6.07, 6.45) is 0.750. The first-order valence-electron chi connectivity index (χ1n) is 26.2. The standard InChI is InChI=1S/C58H66N8O12S2/c1-37-17-23-43(25-45(37)31-65-27-39(3)77-49-13-9-11-15-51(49)79(65,71)72)53(57(5,6)55(67)68)75-35-47-33-63(61-59-47)29-41-19-21-42(22-20-41)30-64-34-48(60-62-64)36-76-54(58(7,8)56(69)70)44-24-18-38(2)46(26-44)32-66-28-40(4)78-50-14-10-12-16-52(50)80(66,73)74/h9-26,33-34,39-40,53-54H,27-32,35-36H2,1-8H3,(H,67,68)(H,69,70)/t39-,40-,53-,54-/m1/s1. The van der Waals surface area contributed by atoms with E-state index >= 15 is 0 Å². The fraction of sp³-hybridized carbons (Fsp3) is 0.379. The second-order valence-electron chi connectivity index (χ2n) is 21.8. The molecule has 0 saturated carbocycles. The molecule has 0 unspecified atom stereocenters. The number of aromatic nitrogens is 6. The van der Waals surface area contributed by atoms with Crippen LogP contribution in [0.4, 0.5) is 0 Å². The van der Waals surface area contributed by atoms with E-state index in [-0.39, 0.29) is 49.2 Å². The zero-order valence-electron chi connectivity index (χ0n) is 45.9. The van der Waals surface area contributed by atoms with Gasteiger partial charge in [-0.1, -0.05) is 95.4 Å². The topological polar surface area (TPSA) is 248 Å². The van der Waals surface area contributed by atoms with Crippen LogP contribution in [-0.2, 0) is 78.5 Å². The summed E-state index contributed by atoms with van der Waals surface area (Å²) in [5, 5.41) is 38.1. The summed E-state index contributed by atoms with van der Waals surface area (Å²) in [5.41, 5.74) is 4.23. The molecule has 0 amide bonds. The van der Waals surface area contributed by atoms with E-state index in [1.807, 2.05) is 76.2 Å². The van der Waals surface area contributed by atoms with Gasteiger partial charge in [-0.25, -0.2) is 26.2 Å². The van der Waals surface area contributed by atoms with Crippen molar-refractivity contribution < 1.29 is 55.6 Å². The number of rotatable bonds is 20. The number of carbonyl (C=O) groups is 2. The Balaban J connectivity index is 0.823. The molecule has 0 radical (unpaired) electrons. The van der Waals surface area contributed by atoms with Crippen LogP contribution in [0.2, 0.25) is 0 Å². The summed E-state index contributed by atoms with van der Waals surface area (Å²) >= 11 is 0. The molecule has 2 aromatic heterocycles. The summed E-state index contributed by atoms with van der Waals surface area (Å²) in [7, 11) is -7.84. The van der Waals surface area contributed by atoms with Crippen LogP contribution in [0.1, 0.15) is 110 Å². The monoisotopic (exact) mass is 1130 g/mol. The first-order valence-corrected chi connectivity index (χ1v) is 29.0. The van der Waals surface area contributed by atoms with Crippen LogP contribution in [0.25, 0.3) is 0 Å². The van der Waals surface area contributed by atoms with Gasteiger partial charge in [0, 0.05) is 13.1 Å². The predicted octanol–water partition coefficient (Wildman–Crippen LogP) is 8.26. The second kappa shape index (κ2) is 23.0. The molecule has 0 spiro atoms. The zero-order valence-corrected chi connectivity index (χ0v) is 47.5. The van der Waals surface area contributed by atoms with Crippen molar-refractivity contribution in [2.45, 2.75) is 129 Å². The third-order valence-corrected chi connectivity index (χ3v) is 18.4. The number of aliphatic carboxylic acids is 2. The van der Waals surface area contributed by atoms with Crippen molar-refractivity contribution in [2.24, 2.45) is 10.8 Å². The Hall–Kier alpha value is -7.34. The van der Waals surface area contributed by atoms with Crippen molar-refractivity contribution in [1.29, 1.82) is 0 Å². The molecule has 0 bridgehead atoms. The van der Waals surface area contributed by atoms with Crippen LogP contribution in [0, 0.1) is 24.7 Å². The lowest BCUT2D eigenvalue weighted by atomic mass is 9.81. The number of ether oxygens (including phenoxy) is 4. The molecule has 2 aliphatic rings. The van der Waals surface area contributed by atoms with Gasteiger partial charge in [0.2, 0.25) is 20.0 Å². The van der Waals surface area contributed by atoms with E-state index in [0.29, 0.717) is 58.2 Å². The van der Waals surface area contributed by atoms with Crippen molar-refractivity contribution >= 4 is 32.0 Å². The number of para-hydroxylation sites is 2. The minimum absolute atomic E-state index is 0.0404. The number of benzene rings is 5. The molecule has 80 heavy (non-hydrogen) atoms. The van der Waals surface area contributed by atoms with Crippen LogP contribution in [0.15, 0.2) is 131 Å². The van der Waals surface area contributed by atoms with E-state index in [2.05, 4.69) is 20.6 Å². The van der Waals surface area contributed by atoms with Crippen LogP contribution in [-0.4, -0.2) is 103 Å². The molecule has 0 saturated heterocycles. The SMILES string of the molecule is Cc1ccc([C@@H](OCc2cn(Cc3ccc(Cn4cc(CO[C@H](c5ccc(C)c(CN6C[C@@H](C)Oc7ccccc7S6(=O)=O)c5)C(C)(C)C(=O)O)nn4)cc3)nn2)C(C)(C)C(=O)O)cc1CN1C[C@@H](C)Oc2ccccc2S1(=O)=O. The van der Waals surface area contributed by atoms with Gasteiger partial charge in [-0.3, -0.25) is 9.59 Å². The van der Waals surface area contributed by atoms with Crippen molar-refractivity contribution in [3.63, 3.8) is 0 Å². The number of carboxylic acid groups (broad SMARTS) is 2. The van der Waals surface area contributed by atoms with E-state index in [1.165, 1.54) is 20.7 Å². The maximum absolute atomic E-state index is 13.9. The molecule has 0 aliphatic carbocycles. The molecule has 0 fully saturated rings. The number of hydrogen-bond acceptors (Lipinski definition) is 14. The van der Waals surface area contributed by atoms with Crippen LogP contribution < -0.4 is 9.47 Å². The number of aryl methyl sites for hydroxylation is 2. The lowest BCUT2D eigenvalue weighted by Gasteiger charge is -2.31. The van der Waals surface area contributed by atoms with Gasteiger partial charge >= 0.3 is 11.9 Å². The highest BCUT2D eigenvalue weighted by Gasteiger charge is 2.42. The quantitative estimate of drug-likeness (QED) is 0.0729. The maximum atomic E-state index is 13.9. The van der Waals surface area contributed by atoms with Crippen LogP contribution >= 0.6 is 0 Å². The summed E-state index contributed by atoms with van der Waals surface area (Å²) < 4.78 is 86.4. The average Bonchev–Trinajstić information content (AvgIpc) is 4.07. The first kappa shape index (κ1) is 57.3. The Bertz CT molecular complexity index is 3400. The van der Waals surface area contributed by atoms with E-state index in [0.717, 1.165) is 22.3 Å². The van der Waals surface area contributed by atoms with Crippen LogP contribution in [0.3, 0.4) is 0 Å². The molecule has 5 aromatic carbocycles. The third-order valence-electron chi connectivity index (χ3n) is 14.7. The molecule has 4 atom stereocenters. The lowest BCUT2D eigenvalue weighted by Crippen LogP contribution is -2.36. The van der Waals surface area contributed by atoms with E-state index in [9.17, 15) is 36.6 Å². The lowest BCUT2D eigenvalue weighted by molar-refractivity contribution is -0.159. The molecule has 4 heterocycles. The molecule has 9 rings (SSSR count). The van der Waals surface area contributed by atoms with Crippen molar-refractivity contribution in [2.75, 3.05) is 13.1 Å². The number of hydrogen-bond donors (Lipinski definition) is 2. The Kier molecular flexibility index (Phi) is 16.5. The molecule has 422 valence electrons. The van der Waals surface area contributed by atoms with Gasteiger partial charge in [0.15, 0.2) is 0 Å². The molecule has 2 aliphatic heterocycles. The van der Waals surface area contributed by atoms with Gasteiger partial charge in [-0.2, -0.15) is 8.61 Å². The molecule has 22 heteroatoms. The highest BCUT2D eigenvalue weighted by Crippen LogP contribution is 2.41. The maximum Gasteiger partial charge on any atom is 0.312 e. The van der Waals surface area contributed by atoms with Gasteiger partial charge in [-0.05, 0) is 124 Å². The van der Waals surface area contributed by atoms with Gasteiger partial charge in [-0.15, -0.1) is 10.2 Å². The molecular formula is C58H66N8O12S2. The van der Waals surface area contributed by atoms with Gasteiger partial charge < -0.3 is 29.2 Å². The highest BCUT2D eigenvalue weighted by molar-refractivity contribution is 7.89. The van der Waals surface area contributed by atoms with Gasteiger partial charge in [0.1, 0.15) is 44.9 Å². The van der Waals surface area contributed by atoms with E-state index < -0.39 is 67.2 Å². The number of carboxylic acids is 2. The highest BCUT2D eigenvalue weighted by atomic mass is 32.2. The van der Waals surface area contributed by atoms with Crippen molar-refractivity contribution in [3.05, 3.63) is 177 Å². The summed E-state index contributed by atoms with van der Waals surface area (Å²) in [4.78, 5) is 25.6. The first-order chi connectivity index (χ1) is 37.9. The normalized spacial score (nSPS) is 18.1. The van der Waals surface area contributed by atoms with Gasteiger partial charge in [0.25, 0.3) is 0 Å². The minimum Gasteiger partial charge on any atom is -0.488 e. The molecular weight excluding hydrogens is 1060 g/mol. The van der Waals surface area contributed by atoms with E-state index in [1.54, 1.807) is 98.0 Å². The average molecular weight is 1130 g/mol.